The van der Waals surface area contributed by atoms with Gasteiger partial charge in [-0.1, -0.05) is 0 Å². The SMILES string of the molecule is CSc1ccc(Oc2cc(C(C)N)ccn2)cc1. The maximum atomic E-state index is 5.83. The van der Waals surface area contributed by atoms with Crippen LogP contribution in [0.1, 0.15) is 18.5 Å². The van der Waals surface area contributed by atoms with Gasteiger partial charge in [0.1, 0.15) is 5.75 Å². The Labute approximate surface area is 111 Å². The van der Waals surface area contributed by atoms with E-state index in [1.165, 1.54) is 4.90 Å². The highest BCUT2D eigenvalue weighted by Gasteiger charge is 2.03. The molecule has 1 atom stereocenters. The highest BCUT2D eigenvalue weighted by Crippen LogP contribution is 2.24. The third-order valence-corrected chi connectivity index (χ3v) is 3.31. The van der Waals surface area contributed by atoms with Crippen LogP contribution in [0.25, 0.3) is 0 Å². The lowest BCUT2D eigenvalue weighted by Crippen LogP contribution is -2.05. The van der Waals surface area contributed by atoms with E-state index in [4.69, 9.17) is 10.5 Å². The van der Waals surface area contributed by atoms with E-state index < -0.39 is 0 Å². The summed E-state index contributed by atoms with van der Waals surface area (Å²) >= 11 is 1.70. The summed E-state index contributed by atoms with van der Waals surface area (Å²) in [4.78, 5) is 5.38. The summed E-state index contributed by atoms with van der Waals surface area (Å²) in [6.07, 6.45) is 3.76. The van der Waals surface area contributed by atoms with Gasteiger partial charge in [-0.05, 0) is 49.1 Å². The van der Waals surface area contributed by atoms with E-state index >= 15 is 0 Å². The highest BCUT2D eigenvalue weighted by atomic mass is 32.2. The van der Waals surface area contributed by atoms with Crippen molar-refractivity contribution in [2.75, 3.05) is 6.26 Å². The molecule has 0 spiro atoms. The fourth-order valence-corrected chi connectivity index (χ4v) is 1.94. The number of hydrogen-bond donors (Lipinski definition) is 1. The molecule has 0 saturated heterocycles. The molecule has 0 aliphatic carbocycles. The van der Waals surface area contributed by atoms with E-state index in [0.717, 1.165) is 11.3 Å². The first kappa shape index (κ1) is 12.9. The van der Waals surface area contributed by atoms with Gasteiger partial charge in [0.25, 0.3) is 0 Å². The topological polar surface area (TPSA) is 48.1 Å². The van der Waals surface area contributed by atoms with Crippen LogP contribution in [-0.2, 0) is 0 Å². The monoisotopic (exact) mass is 260 g/mol. The van der Waals surface area contributed by atoms with Crippen LogP contribution in [0.4, 0.5) is 0 Å². The lowest BCUT2D eigenvalue weighted by atomic mass is 10.1. The summed E-state index contributed by atoms with van der Waals surface area (Å²) in [5.74, 6) is 1.35. The van der Waals surface area contributed by atoms with Gasteiger partial charge in [-0.2, -0.15) is 0 Å². The van der Waals surface area contributed by atoms with E-state index in [1.54, 1.807) is 18.0 Å². The van der Waals surface area contributed by atoms with Crippen LogP contribution < -0.4 is 10.5 Å². The van der Waals surface area contributed by atoms with Gasteiger partial charge < -0.3 is 10.5 Å². The van der Waals surface area contributed by atoms with Crippen molar-refractivity contribution in [1.82, 2.24) is 4.98 Å². The summed E-state index contributed by atoms with van der Waals surface area (Å²) in [6, 6.07) is 11.7. The molecule has 0 bridgehead atoms. The van der Waals surface area contributed by atoms with Crippen molar-refractivity contribution in [2.45, 2.75) is 17.9 Å². The largest absolute Gasteiger partial charge is 0.439 e. The van der Waals surface area contributed by atoms with Crippen molar-refractivity contribution >= 4 is 11.8 Å². The van der Waals surface area contributed by atoms with Gasteiger partial charge in [0.05, 0.1) is 0 Å². The predicted molar refractivity (Wildman–Crippen MR) is 75.1 cm³/mol. The molecule has 4 heteroatoms. The zero-order valence-electron chi connectivity index (χ0n) is 10.5. The first-order valence-electron chi connectivity index (χ1n) is 5.72. The van der Waals surface area contributed by atoms with Crippen LogP contribution in [0.5, 0.6) is 11.6 Å². The number of rotatable bonds is 4. The molecule has 1 aromatic carbocycles. The fourth-order valence-electron chi connectivity index (χ4n) is 1.53. The predicted octanol–water partition coefficient (Wildman–Crippen LogP) is 3.62. The first-order valence-corrected chi connectivity index (χ1v) is 6.95. The lowest BCUT2D eigenvalue weighted by molar-refractivity contribution is 0.461. The van der Waals surface area contributed by atoms with Crippen LogP contribution in [0.3, 0.4) is 0 Å². The smallest absolute Gasteiger partial charge is 0.219 e. The Morgan fingerprint density at radius 3 is 2.56 bits per heavy atom. The molecule has 1 unspecified atom stereocenters. The Morgan fingerprint density at radius 1 is 1.22 bits per heavy atom. The zero-order valence-corrected chi connectivity index (χ0v) is 11.3. The quantitative estimate of drug-likeness (QED) is 0.853. The molecule has 2 N–H and O–H groups in total. The van der Waals surface area contributed by atoms with Gasteiger partial charge >= 0.3 is 0 Å². The number of nitrogens with two attached hydrogens (primary N) is 1. The summed E-state index contributed by atoms with van der Waals surface area (Å²) < 4.78 is 5.69. The Balaban J connectivity index is 2.15. The van der Waals surface area contributed by atoms with Crippen molar-refractivity contribution in [1.29, 1.82) is 0 Å². The second-order valence-corrected chi connectivity index (χ2v) is 4.87. The fraction of sp³-hybridized carbons (Fsp3) is 0.214. The maximum absolute atomic E-state index is 5.83. The summed E-state index contributed by atoms with van der Waals surface area (Å²) in [5.41, 5.74) is 6.84. The van der Waals surface area contributed by atoms with Gasteiger partial charge in [-0.25, -0.2) is 4.98 Å². The molecule has 1 heterocycles. The van der Waals surface area contributed by atoms with Crippen LogP contribution in [0.2, 0.25) is 0 Å². The molecule has 94 valence electrons. The Morgan fingerprint density at radius 2 is 1.94 bits per heavy atom. The number of ether oxygens (including phenoxy) is 1. The van der Waals surface area contributed by atoms with E-state index in [0.29, 0.717) is 5.88 Å². The van der Waals surface area contributed by atoms with Crippen molar-refractivity contribution in [3.63, 3.8) is 0 Å². The minimum atomic E-state index is -0.0192. The van der Waals surface area contributed by atoms with Crippen LogP contribution in [0, 0.1) is 0 Å². The molecule has 2 rings (SSSR count). The average molecular weight is 260 g/mol. The summed E-state index contributed by atoms with van der Waals surface area (Å²) in [7, 11) is 0. The molecule has 18 heavy (non-hydrogen) atoms. The first-order chi connectivity index (χ1) is 8.69. The van der Waals surface area contributed by atoms with Crippen molar-refractivity contribution < 1.29 is 4.74 Å². The standard InChI is InChI=1S/C14H16N2OS/c1-10(15)11-7-8-16-14(9-11)17-12-3-5-13(18-2)6-4-12/h3-10H,15H2,1-2H3. The maximum Gasteiger partial charge on any atom is 0.219 e. The van der Waals surface area contributed by atoms with E-state index in [9.17, 15) is 0 Å². The van der Waals surface area contributed by atoms with Gasteiger partial charge in [0.2, 0.25) is 5.88 Å². The molecule has 0 fully saturated rings. The van der Waals surface area contributed by atoms with Crippen molar-refractivity contribution in [2.24, 2.45) is 5.73 Å². The molecule has 0 saturated carbocycles. The van der Waals surface area contributed by atoms with Crippen molar-refractivity contribution in [3.05, 3.63) is 48.2 Å². The molecule has 0 radical (unpaired) electrons. The summed E-state index contributed by atoms with van der Waals surface area (Å²) in [5, 5.41) is 0. The van der Waals surface area contributed by atoms with E-state index in [1.807, 2.05) is 49.6 Å². The Bertz CT molecular complexity index is 511. The lowest BCUT2D eigenvalue weighted by Gasteiger charge is -2.09. The molecule has 3 nitrogen and oxygen atoms in total. The molecule has 1 aromatic heterocycles. The van der Waals surface area contributed by atoms with Gasteiger partial charge in [0.15, 0.2) is 0 Å². The molecular weight excluding hydrogens is 244 g/mol. The van der Waals surface area contributed by atoms with Crippen LogP contribution in [0.15, 0.2) is 47.5 Å². The summed E-state index contributed by atoms with van der Waals surface area (Å²) in [6.45, 7) is 1.94. The number of aromatic nitrogens is 1. The van der Waals surface area contributed by atoms with E-state index in [2.05, 4.69) is 4.98 Å². The number of hydrogen-bond acceptors (Lipinski definition) is 4. The number of pyridine rings is 1. The second-order valence-electron chi connectivity index (χ2n) is 3.99. The van der Waals surface area contributed by atoms with Crippen LogP contribution >= 0.6 is 11.8 Å². The van der Waals surface area contributed by atoms with E-state index in [-0.39, 0.29) is 6.04 Å². The number of nitrogens with zero attached hydrogens (tertiary/aromatic N) is 1. The molecule has 0 aliphatic heterocycles. The highest BCUT2D eigenvalue weighted by molar-refractivity contribution is 7.98. The molecule has 2 aromatic rings. The Hall–Kier alpha value is -1.52. The van der Waals surface area contributed by atoms with Crippen molar-refractivity contribution in [3.8, 4) is 11.6 Å². The second kappa shape index (κ2) is 5.89. The van der Waals surface area contributed by atoms with Gasteiger partial charge in [-0.15, -0.1) is 11.8 Å². The molecule has 0 amide bonds. The molecule has 0 aliphatic rings. The third-order valence-electron chi connectivity index (χ3n) is 2.57. The zero-order chi connectivity index (χ0) is 13.0. The van der Waals surface area contributed by atoms with Gasteiger partial charge in [-0.3, -0.25) is 0 Å². The van der Waals surface area contributed by atoms with Gasteiger partial charge in [0, 0.05) is 23.2 Å². The minimum Gasteiger partial charge on any atom is -0.439 e. The number of thioether (sulfide) groups is 1. The number of benzene rings is 1. The normalized spacial score (nSPS) is 12.2. The minimum absolute atomic E-state index is 0.0192. The van der Waals surface area contributed by atoms with Crippen LogP contribution in [-0.4, -0.2) is 11.2 Å². The molecular formula is C14H16N2OS. The average Bonchev–Trinajstić information content (AvgIpc) is 2.40. The Kier molecular flexibility index (Phi) is 4.23. The third kappa shape index (κ3) is 3.24.